The van der Waals surface area contributed by atoms with Crippen LogP contribution in [0.2, 0.25) is 0 Å². The maximum Gasteiger partial charge on any atom is 0.259 e. The van der Waals surface area contributed by atoms with Gasteiger partial charge in [-0.15, -0.1) is 0 Å². The number of amides is 1. The molecule has 3 aliphatic rings. The van der Waals surface area contributed by atoms with Crippen molar-refractivity contribution in [3.8, 4) is 0 Å². The number of nitrogens with one attached hydrogen (secondary N) is 1. The zero-order valence-corrected chi connectivity index (χ0v) is 14.1. The summed E-state index contributed by atoms with van der Waals surface area (Å²) in [4.78, 5) is 14.7. The van der Waals surface area contributed by atoms with Crippen molar-refractivity contribution in [2.45, 2.75) is 83.3 Å². The summed E-state index contributed by atoms with van der Waals surface area (Å²) in [5, 5.41) is 2.85. The van der Waals surface area contributed by atoms with Crippen LogP contribution in [0.3, 0.4) is 0 Å². The highest BCUT2D eigenvalue weighted by molar-refractivity contribution is 5.80. The summed E-state index contributed by atoms with van der Waals surface area (Å²) in [6, 6.07) is 0.982. The minimum Gasteiger partial charge on any atom is -0.355 e. The Labute approximate surface area is 131 Å². The fraction of sp³-hybridized carbons (Fsp3) is 0.941. The van der Waals surface area contributed by atoms with Gasteiger partial charge in [0.1, 0.15) is 5.92 Å². The standard InChI is InChI=1S/C17H28F2N2O/c1-11-8-16(9-13(16)21(11)15(2,3)4)10-20-14(22)12-6-5-7-17(12,18)19/h11-13H,5-10H2,1-4H3,(H,20,22)/t11-,12?,13-,16+/m1/s1. The van der Waals surface area contributed by atoms with Crippen LogP contribution in [-0.4, -0.2) is 40.9 Å². The highest BCUT2D eigenvalue weighted by Gasteiger charge is 2.65. The molecule has 22 heavy (non-hydrogen) atoms. The molecule has 3 nitrogen and oxygen atoms in total. The predicted molar refractivity (Wildman–Crippen MR) is 81.8 cm³/mol. The first-order chi connectivity index (χ1) is 10.1. The summed E-state index contributed by atoms with van der Waals surface area (Å²) in [6.45, 7) is 9.44. The first-order valence-electron chi connectivity index (χ1n) is 8.51. The lowest BCUT2D eigenvalue weighted by Crippen LogP contribution is -2.45. The van der Waals surface area contributed by atoms with Gasteiger partial charge in [-0.05, 0) is 53.4 Å². The van der Waals surface area contributed by atoms with Crippen molar-refractivity contribution in [3.05, 3.63) is 0 Å². The van der Waals surface area contributed by atoms with Crippen molar-refractivity contribution >= 4 is 5.91 Å². The van der Waals surface area contributed by atoms with Gasteiger partial charge in [0.15, 0.2) is 0 Å². The molecule has 0 aromatic carbocycles. The van der Waals surface area contributed by atoms with Gasteiger partial charge in [0.05, 0.1) is 0 Å². The van der Waals surface area contributed by atoms with Gasteiger partial charge in [0.2, 0.25) is 5.91 Å². The number of hydrogen-bond acceptors (Lipinski definition) is 2. The summed E-state index contributed by atoms with van der Waals surface area (Å²) in [7, 11) is 0. The molecule has 0 aromatic heterocycles. The number of halogens is 2. The van der Waals surface area contributed by atoms with E-state index in [0.717, 1.165) is 12.8 Å². The minimum absolute atomic E-state index is 0.116. The number of alkyl halides is 2. The van der Waals surface area contributed by atoms with Crippen LogP contribution in [0.1, 0.15) is 59.8 Å². The second kappa shape index (κ2) is 4.89. The van der Waals surface area contributed by atoms with Crippen molar-refractivity contribution in [2.24, 2.45) is 11.3 Å². The van der Waals surface area contributed by atoms with Gasteiger partial charge in [-0.2, -0.15) is 0 Å². The quantitative estimate of drug-likeness (QED) is 0.868. The van der Waals surface area contributed by atoms with Crippen LogP contribution < -0.4 is 5.32 Å². The average molecular weight is 314 g/mol. The number of fused-ring (bicyclic) bond motifs is 1. The van der Waals surface area contributed by atoms with Gasteiger partial charge in [-0.3, -0.25) is 9.69 Å². The molecule has 1 amide bonds. The van der Waals surface area contributed by atoms with E-state index in [-0.39, 0.29) is 17.4 Å². The Morgan fingerprint density at radius 1 is 1.32 bits per heavy atom. The van der Waals surface area contributed by atoms with Crippen LogP contribution in [0.15, 0.2) is 0 Å². The van der Waals surface area contributed by atoms with E-state index in [1.807, 2.05) is 0 Å². The predicted octanol–water partition coefficient (Wildman–Crippen LogP) is 3.19. The molecule has 2 aliphatic carbocycles. The highest BCUT2D eigenvalue weighted by Crippen LogP contribution is 2.60. The van der Waals surface area contributed by atoms with Crippen molar-refractivity contribution in [1.82, 2.24) is 10.2 Å². The van der Waals surface area contributed by atoms with Gasteiger partial charge in [0, 0.05) is 36.0 Å². The fourth-order valence-electron chi connectivity index (χ4n) is 4.96. The molecule has 1 heterocycles. The lowest BCUT2D eigenvalue weighted by atomic mass is 9.98. The van der Waals surface area contributed by atoms with E-state index in [2.05, 4.69) is 37.9 Å². The SMILES string of the molecule is C[C@@H]1C[C@@]2(CNC(=O)C3CCCC3(F)F)C[C@H]2N1C(C)(C)C. The summed E-state index contributed by atoms with van der Waals surface area (Å²) in [5.74, 6) is -4.37. The molecule has 126 valence electrons. The zero-order chi connectivity index (χ0) is 16.3. The van der Waals surface area contributed by atoms with Crippen molar-refractivity contribution in [1.29, 1.82) is 0 Å². The molecule has 1 aliphatic heterocycles. The molecule has 1 N–H and O–H groups in total. The number of carbonyl (C=O) groups excluding carboxylic acids is 1. The van der Waals surface area contributed by atoms with Gasteiger partial charge in [-0.1, -0.05) is 0 Å². The number of piperidine rings is 1. The molecule has 5 heteroatoms. The second-order valence-electron chi connectivity index (χ2n) is 8.64. The van der Waals surface area contributed by atoms with Crippen molar-refractivity contribution in [3.63, 3.8) is 0 Å². The van der Waals surface area contributed by atoms with E-state index >= 15 is 0 Å². The topological polar surface area (TPSA) is 32.3 Å². The van der Waals surface area contributed by atoms with Gasteiger partial charge < -0.3 is 5.32 Å². The Balaban J connectivity index is 1.59. The number of carbonyl (C=O) groups is 1. The van der Waals surface area contributed by atoms with Gasteiger partial charge in [-0.25, -0.2) is 8.78 Å². The molecule has 0 bridgehead atoms. The Morgan fingerprint density at radius 2 is 2.00 bits per heavy atom. The van der Waals surface area contributed by atoms with Gasteiger partial charge >= 0.3 is 0 Å². The first kappa shape index (κ1) is 16.2. The zero-order valence-electron chi connectivity index (χ0n) is 14.1. The molecule has 0 radical (unpaired) electrons. The van der Waals surface area contributed by atoms with Crippen LogP contribution in [0.25, 0.3) is 0 Å². The van der Waals surface area contributed by atoms with Crippen LogP contribution in [-0.2, 0) is 4.79 Å². The maximum atomic E-state index is 13.7. The van der Waals surface area contributed by atoms with E-state index in [0.29, 0.717) is 31.5 Å². The maximum absolute atomic E-state index is 13.7. The van der Waals surface area contributed by atoms with E-state index in [1.54, 1.807) is 0 Å². The fourth-order valence-corrected chi connectivity index (χ4v) is 4.96. The van der Waals surface area contributed by atoms with E-state index in [1.165, 1.54) is 0 Å². The summed E-state index contributed by atoms with van der Waals surface area (Å²) >= 11 is 0. The largest absolute Gasteiger partial charge is 0.355 e. The summed E-state index contributed by atoms with van der Waals surface area (Å²) in [6.07, 6.45) is 2.76. The summed E-state index contributed by atoms with van der Waals surface area (Å²) in [5.41, 5.74) is 0.237. The molecule has 2 saturated carbocycles. The van der Waals surface area contributed by atoms with Crippen molar-refractivity contribution < 1.29 is 13.6 Å². The van der Waals surface area contributed by atoms with Gasteiger partial charge in [0.25, 0.3) is 5.92 Å². The minimum atomic E-state index is -2.81. The second-order valence-corrected chi connectivity index (χ2v) is 8.64. The molecule has 0 spiro atoms. The number of likely N-dealkylation sites (tertiary alicyclic amines) is 1. The third kappa shape index (κ3) is 2.55. The van der Waals surface area contributed by atoms with Crippen LogP contribution in [0, 0.1) is 11.3 Å². The molecule has 1 saturated heterocycles. The third-order valence-electron chi connectivity index (χ3n) is 5.88. The molecule has 0 aromatic rings. The van der Waals surface area contributed by atoms with Crippen molar-refractivity contribution in [2.75, 3.05) is 6.54 Å². The molecule has 1 unspecified atom stereocenters. The molecular weight excluding hydrogens is 286 g/mol. The Bertz CT molecular complexity index is 474. The number of hydrogen-bond donors (Lipinski definition) is 1. The van der Waals surface area contributed by atoms with Crippen LogP contribution in [0.5, 0.6) is 0 Å². The lowest BCUT2D eigenvalue weighted by Gasteiger charge is -2.37. The van der Waals surface area contributed by atoms with E-state index in [9.17, 15) is 13.6 Å². The van der Waals surface area contributed by atoms with E-state index in [4.69, 9.17) is 0 Å². The smallest absolute Gasteiger partial charge is 0.259 e. The third-order valence-corrected chi connectivity index (χ3v) is 5.88. The normalized spacial score (nSPS) is 40.5. The number of nitrogens with zero attached hydrogens (tertiary/aromatic N) is 1. The summed E-state index contributed by atoms with van der Waals surface area (Å²) < 4.78 is 27.4. The van der Waals surface area contributed by atoms with E-state index < -0.39 is 17.7 Å². The lowest BCUT2D eigenvalue weighted by molar-refractivity contribution is -0.136. The highest BCUT2D eigenvalue weighted by atomic mass is 19.3. The Morgan fingerprint density at radius 3 is 2.50 bits per heavy atom. The molecular formula is C17H28F2N2O. The molecule has 3 fully saturated rings. The molecule has 3 rings (SSSR count). The monoisotopic (exact) mass is 314 g/mol. The number of rotatable bonds is 3. The first-order valence-corrected chi connectivity index (χ1v) is 8.51. The Kier molecular flexibility index (Phi) is 3.59. The average Bonchev–Trinajstić information content (AvgIpc) is 2.77. The van der Waals surface area contributed by atoms with Crippen LogP contribution >= 0.6 is 0 Å². The molecule has 4 atom stereocenters. The Hall–Kier alpha value is -0.710. The van der Waals surface area contributed by atoms with Crippen LogP contribution in [0.4, 0.5) is 8.78 Å².